The van der Waals surface area contributed by atoms with Gasteiger partial charge in [-0.05, 0) is 51.7 Å². The van der Waals surface area contributed by atoms with Crippen molar-refractivity contribution in [2.75, 3.05) is 32.5 Å². The van der Waals surface area contributed by atoms with Crippen molar-refractivity contribution in [1.82, 2.24) is 14.9 Å². The molecule has 4 nitrogen and oxygen atoms in total. The first-order valence-electron chi connectivity index (χ1n) is 5.88. The summed E-state index contributed by atoms with van der Waals surface area (Å²) >= 11 is 7.57. The van der Waals surface area contributed by atoms with Crippen LogP contribution in [0.1, 0.15) is 11.3 Å². The number of hydrogen-bond acceptors (Lipinski definition) is 5. The Kier molecular flexibility index (Phi) is 4.37. The number of fused-ring (bicyclic) bond motifs is 1. The predicted octanol–water partition coefficient (Wildman–Crippen LogP) is 3.02. The summed E-state index contributed by atoms with van der Waals surface area (Å²) in [5, 5.41) is 4.71. The van der Waals surface area contributed by atoms with Crippen LogP contribution in [0.2, 0.25) is 5.28 Å². The summed E-state index contributed by atoms with van der Waals surface area (Å²) in [6, 6.07) is 2.10. The summed E-state index contributed by atoms with van der Waals surface area (Å²) in [5.41, 5.74) is 0. The monoisotopic (exact) mass is 284 g/mol. The highest BCUT2D eigenvalue weighted by Gasteiger charge is 2.09. The summed E-state index contributed by atoms with van der Waals surface area (Å²) in [5.74, 6) is 0.841. The van der Waals surface area contributed by atoms with E-state index >= 15 is 0 Å². The Labute approximate surface area is 116 Å². The van der Waals surface area contributed by atoms with Gasteiger partial charge in [-0.15, -0.1) is 11.3 Å². The fourth-order valence-electron chi connectivity index (χ4n) is 1.75. The molecule has 1 N–H and O–H groups in total. The van der Waals surface area contributed by atoms with Gasteiger partial charge in [-0.1, -0.05) is 0 Å². The number of thiophene rings is 1. The molecule has 0 aliphatic rings. The lowest BCUT2D eigenvalue weighted by Gasteiger charge is -2.10. The van der Waals surface area contributed by atoms with Crippen molar-refractivity contribution < 1.29 is 0 Å². The van der Waals surface area contributed by atoms with Crippen LogP contribution in [0.15, 0.2) is 6.07 Å². The SMILES string of the molecule is Cc1cc2c(NCCCN(C)C)nc(Cl)nc2s1. The number of anilines is 1. The Hall–Kier alpha value is -0.910. The molecule has 2 aromatic heterocycles. The first-order valence-corrected chi connectivity index (χ1v) is 7.08. The molecule has 2 aromatic rings. The molecule has 0 bridgehead atoms. The van der Waals surface area contributed by atoms with Gasteiger partial charge in [0.15, 0.2) is 0 Å². The molecule has 98 valence electrons. The van der Waals surface area contributed by atoms with Gasteiger partial charge >= 0.3 is 0 Å². The van der Waals surface area contributed by atoms with E-state index in [4.69, 9.17) is 11.6 Å². The van der Waals surface area contributed by atoms with Gasteiger partial charge in [0.05, 0.1) is 5.39 Å². The third-order valence-corrected chi connectivity index (χ3v) is 3.68. The highest BCUT2D eigenvalue weighted by molar-refractivity contribution is 7.18. The molecular formula is C12H17ClN4S. The highest BCUT2D eigenvalue weighted by Crippen LogP contribution is 2.29. The zero-order valence-corrected chi connectivity index (χ0v) is 12.4. The Morgan fingerprint density at radius 1 is 1.39 bits per heavy atom. The number of rotatable bonds is 5. The summed E-state index contributed by atoms with van der Waals surface area (Å²) < 4.78 is 0. The van der Waals surface area contributed by atoms with Crippen LogP contribution in [-0.4, -0.2) is 42.1 Å². The van der Waals surface area contributed by atoms with E-state index in [0.29, 0.717) is 5.28 Å². The average Bonchev–Trinajstić information content (AvgIpc) is 2.64. The number of hydrogen-bond donors (Lipinski definition) is 1. The zero-order chi connectivity index (χ0) is 13.1. The summed E-state index contributed by atoms with van der Waals surface area (Å²) in [6.07, 6.45) is 1.07. The largest absolute Gasteiger partial charge is 0.369 e. The minimum Gasteiger partial charge on any atom is -0.369 e. The molecule has 0 aliphatic carbocycles. The normalized spacial score (nSPS) is 11.4. The molecule has 2 rings (SSSR count). The van der Waals surface area contributed by atoms with Crippen molar-refractivity contribution >= 4 is 39.0 Å². The lowest BCUT2D eigenvalue weighted by atomic mass is 10.3. The number of nitrogens with zero attached hydrogens (tertiary/aromatic N) is 3. The molecule has 0 unspecified atom stereocenters. The molecule has 0 radical (unpaired) electrons. The molecule has 0 saturated heterocycles. The second kappa shape index (κ2) is 5.82. The van der Waals surface area contributed by atoms with Crippen molar-refractivity contribution in [2.45, 2.75) is 13.3 Å². The van der Waals surface area contributed by atoms with Crippen LogP contribution in [0.5, 0.6) is 0 Å². The van der Waals surface area contributed by atoms with Gasteiger partial charge in [-0.25, -0.2) is 9.97 Å². The molecule has 2 heterocycles. The summed E-state index contributed by atoms with van der Waals surface area (Å²) in [4.78, 5) is 12.8. The van der Waals surface area contributed by atoms with Crippen LogP contribution < -0.4 is 5.32 Å². The Balaban J connectivity index is 2.11. The maximum absolute atomic E-state index is 5.93. The minimum atomic E-state index is 0.305. The van der Waals surface area contributed by atoms with Gasteiger partial charge in [0.2, 0.25) is 5.28 Å². The Morgan fingerprint density at radius 3 is 2.89 bits per heavy atom. The second-order valence-corrected chi connectivity index (χ2v) is 6.07. The van der Waals surface area contributed by atoms with Crippen LogP contribution >= 0.6 is 22.9 Å². The molecule has 0 atom stereocenters. The smallest absolute Gasteiger partial charge is 0.225 e. The Bertz CT molecular complexity index is 538. The van der Waals surface area contributed by atoms with E-state index in [9.17, 15) is 0 Å². The molecule has 0 spiro atoms. The second-order valence-electron chi connectivity index (χ2n) is 4.50. The number of nitrogens with one attached hydrogen (secondary N) is 1. The molecular weight excluding hydrogens is 268 g/mol. The summed E-state index contributed by atoms with van der Waals surface area (Å²) in [7, 11) is 4.14. The van der Waals surface area contributed by atoms with Gasteiger partial charge in [-0.2, -0.15) is 0 Å². The first kappa shape index (κ1) is 13.5. The molecule has 0 amide bonds. The van der Waals surface area contributed by atoms with Crippen molar-refractivity contribution in [3.63, 3.8) is 0 Å². The van der Waals surface area contributed by atoms with Crippen LogP contribution in [0.4, 0.5) is 5.82 Å². The molecule has 18 heavy (non-hydrogen) atoms. The molecule has 0 aromatic carbocycles. The van der Waals surface area contributed by atoms with E-state index in [2.05, 4.69) is 47.3 Å². The molecule has 0 fully saturated rings. The predicted molar refractivity (Wildman–Crippen MR) is 78.8 cm³/mol. The van der Waals surface area contributed by atoms with Crippen molar-refractivity contribution in [3.05, 3.63) is 16.2 Å². The zero-order valence-electron chi connectivity index (χ0n) is 10.8. The summed E-state index contributed by atoms with van der Waals surface area (Å²) in [6.45, 7) is 4.00. The van der Waals surface area contributed by atoms with Crippen LogP contribution in [-0.2, 0) is 0 Å². The number of halogens is 1. The number of aromatic nitrogens is 2. The van der Waals surface area contributed by atoms with Crippen molar-refractivity contribution in [3.8, 4) is 0 Å². The van der Waals surface area contributed by atoms with E-state index in [0.717, 1.165) is 35.5 Å². The van der Waals surface area contributed by atoms with E-state index in [1.54, 1.807) is 11.3 Å². The van der Waals surface area contributed by atoms with Crippen LogP contribution in [0.25, 0.3) is 10.2 Å². The standard InChI is InChI=1S/C12H17ClN4S/c1-8-7-9-10(14-5-4-6-17(2)3)15-12(13)16-11(9)18-8/h7H,4-6H2,1-3H3,(H,14,15,16). The lowest BCUT2D eigenvalue weighted by Crippen LogP contribution is -2.16. The highest BCUT2D eigenvalue weighted by atomic mass is 35.5. The lowest BCUT2D eigenvalue weighted by molar-refractivity contribution is 0.405. The van der Waals surface area contributed by atoms with Crippen LogP contribution in [0, 0.1) is 6.92 Å². The van der Waals surface area contributed by atoms with Gasteiger partial charge in [-0.3, -0.25) is 0 Å². The topological polar surface area (TPSA) is 41.0 Å². The quantitative estimate of drug-likeness (QED) is 0.677. The maximum atomic E-state index is 5.93. The van der Waals surface area contributed by atoms with E-state index in [1.165, 1.54) is 4.88 Å². The number of aryl methyl sites for hydroxylation is 1. The van der Waals surface area contributed by atoms with Crippen LogP contribution in [0.3, 0.4) is 0 Å². The van der Waals surface area contributed by atoms with Gasteiger partial charge in [0.25, 0.3) is 0 Å². The molecule has 0 saturated carbocycles. The fraction of sp³-hybridized carbons (Fsp3) is 0.500. The third kappa shape index (κ3) is 3.31. The third-order valence-electron chi connectivity index (χ3n) is 2.56. The van der Waals surface area contributed by atoms with E-state index < -0.39 is 0 Å². The molecule has 0 aliphatic heterocycles. The minimum absolute atomic E-state index is 0.305. The van der Waals surface area contributed by atoms with Crippen molar-refractivity contribution in [2.24, 2.45) is 0 Å². The van der Waals surface area contributed by atoms with Crippen molar-refractivity contribution in [1.29, 1.82) is 0 Å². The van der Waals surface area contributed by atoms with E-state index in [1.807, 2.05) is 0 Å². The molecule has 6 heteroatoms. The fourth-order valence-corrected chi connectivity index (χ4v) is 2.85. The maximum Gasteiger partial charge on any atom is 0.225 e. The van der Waals surface area contributed by atoms with Gasteiger partial charge in [0.1, 0.15) is 10.6 Å². The van der Waals surface area contributed by atoms with Gasteiger partial charge in [0, 0.05) is 11.4 Å². The first-order chi connectivity index (χ1) is 8.56. The Morgan fingerprint density at radius 2 is 2.17 bits per heavy atom. The van der Waals surface area contributed by atoms with E-state index in [-0.39, 0.29) is 0 Å². The van der Waals surface area contributed by atoms with Gasteiger partial charge < -0.3 is 10.2 Å². The average molecular weight is 285 g/mol.